The highest BCUT2D eigenvalue weighted by Crippen LogP contribution is 2.03. The first-order chi connectivity index (χ1) is 9.82. The number of carbonyl (C=O) groups excluding carboxylic acids is 2. The first-order valence-electron chi connectivity index (χ1n) is 6.66. The number of likely N-dealkylation sites (N-methyl/N-ethyl adjacent to an activating group) is 1. The molecule has 0 heterocycles. The second kappa shape index (κ2) is 7.42. The van der Waals surface area contributed by atoms with Crippen LogP contribution >= 0.6 is 0 Å². The van der Waals surface area contributed by atoms with Gasteiger partial charge in [-0.25, -0.2) is 0 Å². The van der Waals surface area contributed by atoms with Gasteiger partial charge in [0.15, 0.2) is 0 Å². The molecule has 0 aliphatic rings. The Morgan fingerprint density at radius 3 is 2.29 bits per heavy atom. The smallest absolute Gasteiger partial charge is 0.308 e. The second-order valence-electron chi connectivity index (χ2n) is 5.02. The standard InChI is InChI=1S/C15H20N2O4/c1-10(15(20)21)9-17(3)14(19)11(2)16-13(18)12-7-5-4-6-8-12/h4-8,10-11H,9H2,1-3H3,(H,16,18)(H,20,21). The molecule has 0 fully saturated rings. The van der Waals surface area contributed by atoms with Crippen LogP contribution in [-0.2, 0) is 9.59 Å². The number of benzene rings is 1. The van der Waals surface area contributed by atoms with Gasteiger partial charge in [0, 0.05) is 19.2 Å². The van der Waals surface area contributed by atoms with E-state index in [1.54, 1.807) is 37.3 Å². The summed E-state index contributed by atoms with van der Waals surface area (Å²) in [6, 6.07) is 7.87. The van der Waals surface area contributed by atoms with Gasteiger partial charge in [0.05, 0.1) is 5.92 Å². The summed E-state index contributed by atoms with van der Waals surface area (Å²) in [5.41, 5.74) is 0.471. The summed E-state index contributed by atoms with van der Waals surface area (Å²) in [6.45, 7) is 3.20. The fraction of sp³-hybridized carbons (Fsp3) is 0.400. The van der Waals surface area contributed by atoms with Crippen molar-refractivity contribution in [2.24, 2.45) is 5.92 Å². The van der Waals surface area contributed by atoms with Crippen LogP contribution < -0.4 is 5.32 Å². The molecule has 2 N–H and O–H groups in total. The second-order valence-corrected chi connectivity index (χ2v) is 5.02. The van der Waals surface area contributed by atoms with Crippen molar-refractivity contribution in [3.63, 3.8) is 0 Å². The summed E-state index contributed by atoms with van der Waals surface area (Å²) < 4.78 is 0. The van der Waals surface area contributed by atoms with Crippen molar-refractivity contribution in [1.29, 1.82) is 0 Å². The lowest BCUT2D eigenvalue weighted by Gasteiger charge is -2.23. The van der Waals surface area contributed by atoms with Gasteiger partial charge in [0.1, 0.15) is 6.04 Å². The van der Waals surface area contributed by atoms with Gasteiger partial charge in [-0.2, -0.15) is 0 Å². The molecule has 6 nitrogen and oxygen atoms in total. The Kier molecular flexibility index (Phi) is 5.90. The van der Waals surface area contributed by atoms with E-state index in [0.717, 1.165) is 0 Å². The summed E-state index contributed by atoms with van der Waals surface area (Å²) in [4.78, 5) is 36.1. The van der Waals surface area contributed by atoms with E-state index in [9.17, 15) is 14.4 Å². The van der Waals surface area contributed by atoms with Crippen molar-refractivity contribution < 1.29 is 19.5 Å². The number of nitrogens with one attached hydrogen (secondary N) is 1. The molecule has 6 heteroatoms. The minimum absolute atomic E-state index is 0.0969. The first kappa shape index (κ1) is 16.7. The van der Waals surface area contributed by atoms with Crippen LogP contribution in [0.3, 0.4) is 0 Å². The summed E-state index contributed by atoms with van der Waals surface area (Å²) in [7, 11) is 1.52. The lowest BCUT2D eigenvalue weighted by atomic mass is 10.1. The number of carbonyl (C=O) groups is 3. The fourth-order valence-electron chi connectivity index (χ4n) is 1.84. The zero-order valence-corrected chi connectivity index (χ0v) is 12.4. The normalized spacial score (nSPS) is 13.1. The lowest BCUT2D eigenvalue weighted by Crippen LogP contribution is -2.47. The van der Waals surface area contributed by atoms with Crippen molar-refractivity contribution in [1.82, 2.24) is 10.2 Å². The maximum Gasteiger partial charge on any atom is 0.308 e. The molecule has 0 radical (unpaired) electrons. The van der Waals surface area contributed by atoms with E-state index in [4.69, 9.17) is 5.11 Å². The minimum Gasteiger partial charge on any atom is -0.481 e. The van der Waals surface area contributed by atoms with Crippen LogP contribution in [0.5, 0.6) is 0 Å². The number of rotatable bonds is 6. The average molecular weight is 292 g/mol. The quantitative estimate of drug-likeness (QED) is 0.818. The zero-order valence-electron chi connectivity index (χ0n) is 12.4. The Hall–Kier alpha value is -2.37. The predicted octanol–water partition coefficient (Wildman–Crippen LogP) is 0.984. The molecule has 0 spiro atoms. The number of carboxylic acids is 1. The molecular weight excluding hydrogens is 272 g/mol. The van der Waals surface area contributed by atoms with Gasteiger partial charge in [-0.3, -0.25) is 14.4 Å². The molecule has 21 heavy (non-hydrogen) atoms. The van der Waals surface area contributed by atoms with E-state index in [1.807, 2.05) is 0 Å². The highest BCUT2D eigenvalue weighted by atomic mass is 16.4. The van der Waals surface area contributed by atoms with Gasteiger partial charge in [-0.1, -0.05) is 25.1 Å². The van der Waals surface area contributed by atoms with Gasteiger partial charge < -0.3 is 15.3 Å². The van der Waals surface area contributed by atoms with E-state index in [-0.39, 0.29) is 18.4 Å². The highest BCUT2D eigenvalue weighted by Gasteiger charge is 2.23. The lowest BCUT2D eigenvalue weighted by molar-refractivity contribution is -0.142. The molecule has 114 valence electrons. The van der Waals surface area contributed by atoms with Crippen LogP contribution in [0.2, 0.25) is 0 Å². The third-order valence-electron chi connectivity index (χ3n) is 3.10. The van der Waals surface area contributed by atoms with E-state index in [0.29, 0.717) is 5.56 Å². The molecule has 0 aliphatic carbocycles. The maximum absolute atomic E-state index is 12.1. The fourth-order valence-corrected chi connectivity index (χ4v) is 1.84. The van der Waals surface area contributed by atoms with Gasteiger partial charge in [0.2, 0.25) is 5.91 Å². The molecule has 0 aliphatic heterocycles. The monoisotopic (exact) mass is 292 g/mol. The van der Waals surface area contributed by atoms with Crippen LogP contribution in [-0.4, -0.2) is 47.4 Å². The van der Waals surface area contributed by atoms with E-state index >= 15 is 0 Å². The van der Waals surface area contributed by atoms with Crippen molar-refractivity contribution in [2.75, 3.05) is 13.6 Å². The average Bonchev–Trinajstić information content (AvgIpc) is 2.46. The van der Waals surface area contributed by atoms with Gasteiger partial charge in [-0.05, 0) is 19.1 Å². The molecule has 0 saturated carbocycles. The highest BCUT2D eigenvalue weighted by molar-refractivity contribution is 5.97. The predicted molar refractivity (Wildman–Crippen MR) is 77.8 cm³/mol. The van der Waals surface area contributed by atoms with Gasteiger partial charge >= 0.3 is 5.97 Å². The number of nitrogens with zero attached hydrogens (tertiary/aromatic N) is 1. The van der Waals surface area contributed by atoms with Crippen molar-refractivity contribution >= 4 is 17.8 Å². The Bertz CT molecular complexity index is 516. The van der Waals surface area contributed by atoms with Crippen LogP contribution in [0, 0.1) is 5.92 Å². The molecule has 0 aromatic heterocycles. The Morgan fingerprint density at radius 2 is 1.76 bits per heavy atom. The molecule has 1 aromatic rings. The number of hydrogen-bond donors (Lipinski definition) is 2. The number of amides is 2. The van der Waals surface area contributed by atoms with Gasteiger partial charge in [0.25, 0.3) is 5.91 Å². The van der Waals surface area contributed by atoms with Crippen LogP contribution in [0.4, 0.5) is 0 Å². The number of hydrogen-bond acceptors (Lipinski definition) is 3. The first-order valence-corrected chi connectivity index (χ1v) is 6.66. The third-order valence-corrected chi connectivity index (χ3v) is 3.10. The topological polar surface area (TPSA) is 86.7 Å². The van der Waals surface area contributed by atoms with Crippen LogP contribution in [0.25, 0.3) is 0 Å². The van der Waals surface area contributed by atoms with Crippen molar-refractivity contribution in [2.45, 2.75) is 19.9 Å². The van der Waals surface area contributed by atoms with Crippen molar-refractivity contribution in [3.8, 4) is 0 Å². The summed E-state index contributed by atoms with van der Waals surface area (Å²) in [6.07, 6.45) is 0. The molecule has 1 rings (SSSR count). The molecule has 0 saturated heterocycles. The van der Waals surface area contributed by atoms with Crippen LogP contribution in [0.1, 0.15) is 24.2 Å². The SMILES string of the molecule is CC(CN(C)C(=O)C(C)NC(=O)c1ccccc1)C(=O)O. The van der Waals surface area contributed by atoms with E-state index < -0.39 is 17.9 Å². The molecule has 2 unspecified atom stereocenters. The Morgan fingerprint density at radius 1 is 1.19 bits per heavy atom. The Labute approximate surface area is 123 Å². The molecule has 0 bridgehead atoms. The molecule has 2 atom stereocenters. The number of aliphatic carboxylic acids is 1. The third kappa shape index (κ3) is 4.91. The molecule has 2 amide bonds. The van der Waals surface area contributed by atoms with E-state index in [1.165, 1.54) is 18.9 Å². The maximum atomic E-state index is 12.1. The minimum atomic E-state index is -0.962. The van der Waals surface area contributed by atoms with Crippen molar-refractivity contribution in [3.05, 3.63) is 35.9 Å². The molecular formula is C15H20N2O4. The largest absolute Gasteiger partial charge is 0.481 e. The van der Waals surface area contributed by atoms with Crippen LogP contribution in [0.15, 0.2) is 30.3 Å². The summed E-state index contributed by atoms with van der Waals surface area (Å²) in [5.74, 6) is -2.28. The zero-order chi connectivity index (χ0) is 16.0. The van der Waals surface area contributed by atoms with E-state index in [2.05, 4.69) is 5.32 Å². The summed E-state index contributed by atoms with van der Waals surface area (Å²) >= 11 is 0. The number of carboxylic acid groups (broad SMARTS) is 1. The Balaban J connectivity index is 2.58. The summed E-state index contributed by atoms with van der Waals surface area (Å²) in [5, 5.41) is 11.4. The molecule has 1 aromatic carbocycles. The van der Waals surface area contributed by atoms with Gasteiger partial charge in [-0.15, -0.1) is 0 Å².